The predicted molar refractivity (Wildman–Crippen MR) is 89.7 cm³/mol. The summed E-state index contributed by atoms with van der Waals surface area (Å²) in [5.74, 6) is 2.33. The van der Waals surface area contributed by atoms with E-state index in [9.17, 15) is 4.79 Å². The maximum Gasteiger partial charge on any atom is 0.231 e. The van der Waals surface area contributed by atoms with Crippen molar-refractivity contribution in [2.45, 2.75) is 0 Å². The van der Waals surface area contributed by atoms with Gasteiger partial charge >= 0.3 is 0 Å². The zero-order valence-corrected chi connectivity index (χ0v) is 12.8. The van der Waals surface area contributed by atoms with Gasteiger partial charge in [0.15, 0.2) is 23.0 Å². The molecule has 0 spiro atoms. The van der Waals surface area contributed by atoms with Crippen LogP contribution in [-0.2, 0) is 0 Å². The topological polar surface area (TPSA) is 67.1 Å². The van der Waals surface area contributed by atoms with Crippen molar-refractivity contribution in [1.82, 2.24) is 0 Å². The van der Waals surface area contributed by atoms with Crippen LogP contribution in [-0.4, -0.2) is 13.6 Å². The molecule has 0 fully saturated rings. The van der Waals surface area contributed by atoms with Gasteiger partial charge in [-0.05, 0) is 23.6 Å². The number of ether oxygens (including phenoxy) is 4. The second-order valence-electron chi connectivity index (χ2n) is 5.97. The summed E-state index contributed by atoms with van der Waals surface area (Å²) >= 11 is 0. The first-order chi connectivity index (χ1) is 12.3. The third-order valence-electron chi connectivity index (χ3n) is 4.65. The van der Waals surface area contributed by atoms with Gasteiger partial charge in [-0.2, -0.15) is 0 Å². The van der Waals surface area contributed by atoms with Crippen LogP contribution in [0.1, 0.15) is 0 Å². The molecule has 0 amide bonds. The van der Waals surface area contributed by atoms with E-state index in [-0.39, 0.29) is 19.0 Å². The monoisotopic (exact) mass is 334 g/mol. The van der Waals surface area contributed by atoms with Gasteiger partial charge in [-0.15, -0.1) is 0 Å². The zero-order valence-electron chi connectivity index (χ0n) is 12.8. The van der Waals surface area contributed by atoms with Crippen LogP contribution in [0, 0.1) is 0 Å². The van der Waals surface area contributed by atoms with Crippen LogP contribution in [0.15, 0.2) is 45.6 Å². The Morgan fingerprint density at radius 3 is 2.40 bits per heavy atom. The second kappa shape index (κ2) is 4.36. The highest BCUT2D eigenvalue weighted by Gasteiger charge is 2.23. The number of hydrogen-bond acceptors (Lipinski definition) is 6. The van der Waals surface area contributed by atoms with Crippen molar-refractivity contribution >= 4 is 32.7 Å². The van der Waals surface area contributed by atoms with Gasteiger partial charge in [-0.3, -0.25) is 4.79 Å². The first-order valence-corrected chi connectivity index (χ1v) is 7.81. The van der Waals surface area contributed by atoms with Gasteiger partial charge < -0.3 is 23.4 Å². The molecule has 0 atom stereocenters. The minimum Gasteiger partial charge on any atom is -0.456 e. The largest absolute Gasteiger partial charge is 0.456 e. The fourth-order valence-corrected chi connectivity index (χ4v) is 3.51. The Hall–Kier alpha value is -3.41. The average Bonchev–Trinajstić information content (AvgIpc) is 3.28. The summed E-state index contributed by atoms with van der Waals surface area (Å²) in [4.78, 5) is 13.2. The van der Waals surface area contributed by atoms with E-state index in [0.717, 1.165) is 5.39 Å². The van der Waals surface area contributed by atoms with Gasteiger partial charge in [0.25, 0.3) is 0 Å². The zero-order chi connectivity index (χ0) is 16.5. The maximum absolute atomic E-state index is 13.2. The van der Waals surface area contributed by atoms with Gasteiger partial charge in [0.05, 0.1) is 10.8 Å². The van der Waals surface area contributed by atoms with E-state index >= 15 is 0 Å². The predicted octanol–water partition coefficient (Wildman–Crippen LogP) is 3.56. The Labute approximate surface area is 140 Å². The maximum atomic E-state index is 13.2. The molecule has 3 heterocycles. The molecule has 2 aliphatic rings. The van der Waals surface area contributed by atoms with E-state index in [2.05, 4.69) is 0 Å². The standard InChI is InChI=1S/C19H10O6/c20-18-10-5-14-15(23-7-22-14)6-13(10)25-11-3-1-9-2-4-12-19(24-8-21-12)16(9)17(11)18/h1-6H,7-8H2. The SMILES string of the molecule is O=c1c2cc3c(cc2oc2ccc4ccc5c(c4c12)OCO5)OCO3. The van der Waals surface area contributed by atoms with Crippen molar-refractivity contribution in [2.75, 3.05) is 13.6 Å². The number of hydrogen-bond donors (Lipinski definition) is 0. The first kappa shape index (κ1) is 12.9. The summed E-state index contributed by atoms with van der Waals surface area (Å²) in [6.45, 7) is 0.281. The molecular formula is C19H10O6. The highest BCUT2D eigenvalue weighted by molar-refractivity contribution is 6.12. The van der Waals surface area contributed by atoms with E-state index in [1.165, 1.54) is 0 Å². The fourth-order valence-electron chi connectivity index (χ4n) is 3.51. The Kier molecular flexibility index (Phi) is 2.26. The smallest absolute Gasteiger partial charge is 0.231 e. The Bertz CT molecular complexity index is 1270. The molecule has 2 aliphatic heterocycles. The van der Waals surface area contributed by atoms with Gasteiger partial charge in [-0.25, -0.2) is 0 Å². The molecule has 4 aromatic rings. The molecule has 1 aromatic heterocycles. The lowest BCUT2D eigenvalue weighted by Gasteiger charge is -2.08. The van der Waals surface area contributed by atoms with Crippen molar-refractivity contribution in [3.63, 3.8) is 0 Å². The number of benzene rings is 3. The summed E-state index contributed by atoms with van der Waals surface area (Å²) in [7, 11) is 0. The fraction of sp³-hybridized carbons (Fsp3) is 0.105. The van der Waals surface area contributed by atoms with Crippen LogP contribution >= 0.6 is 0 Å². The molecule has 0 saturated heterocycles. The molecule has 0 radical (unpaired) electrons. The highest BCUT2D eigenvalue weighted by Crippen LogP contribution is 2.43. The Balaban J connectivity index is 1.84. The summed E-state index contributed by atoms with van der Waals surface area (Å²) < 4.78 is 27.8. The van der Waals surface area contributed by atoms with Gasteiger partial charge in [0.2, 0.25) is 19.0 Å². The molecule has 3 aromatic carbocycles. The van der Waals surface area contributed by atoms with Crippen molar-refractivity contribution in [1.29, 1.82) is 0 Å². The minimum atomic E-state index is -0.135. The average molecular weight is 334 g/mol. The van der Waals surface area contributed by atoms with Gasteiger partial charge in [-0.1, -0.05) is 12.1 Å². The third kappa shape index (κ3) is 1.60. The van der Waals surface area contributed by atoms with Crippen molar-refractivity contribution in [2.24, 2.45) is 0 Å². The van der Waals surface area contributed by atoms with Crippen LogP contribution in [0.5, 0.6) is 23.0 Å². The van der Waals surface area contributed by atoms with Crippen LogP contribution in [0.3, 0.4) is 0 Å². The van der Waals surface area contributed by atoms with E-state index in [0.29, 0.717) is 50.3 Å². The molecule has 0 aliphatic carbocycles. The second-order valence-corrected chi connectivity index (χ2v) is 5.97. The van der Waals surface area contributed by atoms with Crippen molar-refractivity contribution in [3.8, 4) is 23.0 Å². The molecular weight excluding hydrogens is 324 g/mol. The molecule has 122 valence electrons. The molecule has 25 heavy (non-hydrogen) atoms. The molecule has 0 N–H and O–H groups in total. The molecule has 0 bridgehead atoms. The quantitative estimate of drug-likeness (QED) is 0.362. The van der Waals surface area contributed by atoms with Crippen LogP contribution < -0.4 is 24.4 Å². The summed E-state index contributed by atoms with van der Waals surface area (Å²) in [5, 5.41) is 2.52. The Morgan fingerprint density at radius 2 is 1.48 bits per heavy atom. The number of fused-ring (bicyclic) bond motifs is 7. The lowest BCUT2D eigenvalue weighted by atomic mass is 10.0. The van der Waals surface area contributed by atoms with Gasteiger partial charge in [0.1, 0.15) is 11.2 Å². The lowest BCUT2D eigenvalue weighted by Crippen LogP contribution is -2.03. The summed E-state index contributed by atoms with van der Waals surface area (Å²) in [5.41, 5.74) is 0.822. The van der Waals surface area contributed by atoms with E-state index in [1.807, 2.05) is 18.2 Å². The Morgan fingerprint density at radius 1 is 0.720 bits per heavy atom. The molecule has 0 saturated carbocycles. The van der Waals surface area contributed by atoms with Crippen LogP contribution in [0.2, 0.25) is 0 Å². The lowest BCUT2D eigenvalue weighted by molar-refractivity contribution is 0.174. The van der Waals surface area contributed by atoms with E-state index < -0.39 is 0 Å². The summed E-state index contributed by atoms with van der Waals surface area (Å²) in [6.07, 6.45) is 0. The molecule has 6 heteroatoms. The van der Waals surface area contributed by atoms with Crippen molar-refractivity contribution < 1.29 is 23.4 Å². The van der Waals surface area contributed by atoms with E-state index in [4.69, 9.17) is 23.4 Å². The minimum absolute atomic E-state index is 0.135. The molecule has 0 unspecified atom stereocenters. The molecule has 6 rings (SSSR count). The van der Waals surface area contributed by atoms with Crippen LogP contribution in [0.25, 0.3) is 32.7 Å². The normalized spacial score (nSPS) is 14.7. The highest BCUT2D eigenvalue weighted by atomic mass is 16.7. The number of rotatable bonds is 0. The first-order valence-electron chi connectivity index (χ1n) is 7.81. The summed E-state index contributed by atoms with van der Waals surface area (Å²) in [6, 6.07) is 10.8. The van der Waals surface area contributed by atoms with E-state index in [1.54, 1.807) is 18.2 Å². The third-order valence-corrected chi connectivity index (χ3v) is 4.65. The molecule has 6 nitrogen and oxygen atoms in total. The van der Waals surface area contributed by atoms with Gasteiger partial charge in [0, 0.05) is 11.5 Å². The van der Waals surface area contributed by atoms with Crippen molar-refractivity contribution in [3.05, 3.63) is 46.6 Å². The van der Waals surface area contributed by atoms with Crippen LogP contribution in [0.4, 0.5) is 0 Å².